The number of esters is 1. The normalized spacial score (nSPS) is 12.9. The molecule has 1 aromatic rings. The summed E-state index contributed by atoms with van der Waals surface area (Å²) in [5, 5.41) is 23.3. The molecule has 8 nitrogen and oxygen atoms in total. The number of benzene rings is 1. The zero-order valence-corrected chi connectivity index (χ0v) is 17.5. The molecule has 4 N–H and O–H groups in total. The second-order valence-electron chi connectivity index (χ2n) is 7.68. The fraction of sp³-hybridized carbons (Fsp3) is 0.611. The van der Waals surface area contributed by atoms with Gasteiger partial charge in [-0.15, -0.1) is 0 Å². The molecule has 1 rings (SSSR count). The smallest absolute Gasteiger partial charge is 0.311 e. The lowest BCUT2D eigenvalue weighted by atomic mass is 10.1. The monoisotopic (exact) mass is 405 g/mol. The van der Waals surface area contributed by atoms with Crippen LogP contribution in [0.4, 0.5) is 0 Å². The fourth-order valence-electron chi connectivity index (χ4n) is 1.85. The molecule has 0 bridgehead atoms. The third kappa shape index (κ3) is 14.1. The first-order valence-electron chi connectivity index (χ1n) is 8.47. The average molecular weight is 406 g/mol. The van der Waals surface area contributed by atoms with Gasteiger partial charge in [0, 0.05) is 18.5 Å². The number of rotatable bonds is 6. The van der Waals surface area contributed by atoms with Gasteiger partial charge in [-0.25, -0.2) is 0 Å². The average Bonchev–Trinajstić information content (AvgIpc) is 2.43. The molecule has 0 aliphatic rings. The van der Waals surface area contributed by atoms with Crippen molar-refractivity contribution in [3.05, 3.63) is 23.8 Å². The highest BCUT2D eigenvalue weighted by molar-refractivity contribution is 7.85. The summed E-state index contributed by atoms with van der Waals surface area (Å²) in [7, 11) is -3.67. The highest BCUT2D eigenvalue weighted by Gasteiger charge is 2.16. The van der Waals surface area contributed by atoms with E-state index in [0.717, 1.165) is 0 Å². The van der Waals surface area contributed by atoms with Gasteiger partial charge in [0.05, 0.1) is 12.4 Å². The SMILES string of the molecule is CC(C)CC(=O)Oc1ccc(C(O)CNC(C)(C)C)cc1O.CS(=O)(=O)O. The molecule has 0 aliphatic heterocycles. The summed E-state index contributed by atoms with van der Waals surface area (Å²) in [6, 6.07) is 4.57. The standard InChI is InChI=1S/C17H27NO4.CH4O3S/c1-11(2)8-16(21)22-15-7-6-12(9-13(15)19)14(20)10-18-17(3,4)5;1-5(2,3)4/h6-7,9,11,14,18-20H,8,10H2,1-5H3;1H3,(H,2,3,4). The van der Waals surface area contributed by atoms with Crippen LogP contribution in [-0.2, 0) is 14.9 Å². The van der Waals surface area contributed by atoms with Crippen LogP contribution in [0.5, 0.6) is 11.5 Å². The number of phenols is 1. The maximum atomic E-state index is 11.6. The van der Waals surface area contributed by atoms with Crippen molar-refractivity contribution in [1.82, 2.24) is 5.32 Å². The van der Waals surface area contributed by atoms with Crippen LogP contribution in [-0.4, -0.2) is 47.5 Å². The first-order valence-corrected chi connectivity index (χ1v) is 10.3. The van der Waals surface area contributed by atoms with E-state index >= 15 is 0 Å². The number of carbonyl (C=O) groups is 1. The van der Waals surface area contributed by atoms with E-state index in [2.05, 4.69) is 5.32 Å². The number of nitrogens with one attached hydrogen (secondary N) is 1. The fourth-order valence-corrected chi connectivity index (χ4v) is 1.85. The van der Waals surface area contributed by atoms with Crippen LogP contribution >= 0.6 is 0 Å². The Hall–Kier alpha value is -1.68. The highest BCUT2D eigenvalue weighted by Crippen LogP contribution is 2.29. The van der Waals surface area contributed by atoms with Crippen molar-refractivity contribution in [2.45, 2.75) is 52.7 Å². The van der Waals surface area contributed by atoms with Crippen molar-refractivity contribution in [2.75, 3.05) is 12.8 Å². The predicted octanol–water partition coefficient (Wildman–Crippen LogP) is 2.27. The summed E-state index contributed by atoms with van der Waals surface area (Å²) >= 11 is 0. The molecule has 27 heavy (non-hydrogen) atoms. The van der Waals surface area contributed by atoms with Crippen LogP contribution in [0.25, 0.3) is 0 Å². The molecular formula is C18H31NO7S. The van der Waals surface area contributed by atoms with E-state index in [9.17, 15) is 23.4 Å². The second kappa shape index (κ2) is 10.6. The molecule has 0 fully saturated rings. The lowest BCUT2D eigenvalue weighted by Crippen LogP contribution is -2.38. The van der Waals surface area contributed by atoms with Gasteiger partial charge in [0.1, 0.15) is 0 Å². The summed E-state index contributed by atoms with van der Waals surface area (Å²) < 4.78 is 31.0. The van der Waals surface area contributed by atoms with Crippen molar-refractivity contribution in [3.8, 4) is 11.5 Å². The molecule has 0 saturated heterocycles. The van der Waals surface area contributed by atoms with Gasteiger partial charge in [0.25, 0.3) is 10.1 Å². The minimum atomic E-state index is -3.67. The lowest BCUT2D eigenvalue weighted by Gasteiger charge is -2.23. The second-order valence-corrected chi connectivity index (χ2v) is 9.14. The van der Waals surface area contributed by atoms with Crippen LogP contribution < -0.4 is 10.1 Å². The van der Waals surface area contributed by atoms with Gasteiger partial charge in [0.15, 0.2) is 11.5 Å². The Morgan fingerprint density at radius 3 is 2.19 bits per heavy atom. The molecule has 1 unspecified atom stereocenters. The van der Waals surface area contributed by atoms with Crippen molar-refractivity contribution >= 4 is 16.1 Å². The number of hydrogen-bond donors (Lipinski definition) is 4. The molecule has 0 radical (unpaired) electrons. The van der Waals surface area contributed by atoms with Crippen LogP contribution in [0.1, 0.15) is 52.7 Å². The lowest BCUT2D eigenvalue weighted by molar-refractivity contribution is -0.135. The number of aromatic hydroxyl groups is 1. The van der Waals surface area contributed by atoms with Crippen LogP contribution in [0.2, 0.25) is 0 Å². The Bertz CT molecular complexity index is 701. The molecular weight excluding hydrogens is 374 g/mol. The van der Waals surface area contributed by atoms with Gasteiger partial charge in [-0.2, -0.15) is 8.42 Å². The van der Waals surface area contributed by atoms with Crippen molar-refractivity contribution in [3.63, 3.8) is 0 Å². The van der Waals surface area contributed by atoms with Crippen molar-refractivity contribution < 1.29 is 32.7 Å². The van der Waals surface area contributed by atoms with E-state index in [1.807, 2.05) is 34.6 Å². The maximum Gasteiger partial charge on any atom is 0.311 e. The largest absolute Gasteiger partial charge is 0.504 e. The minimum Gasteiger partial charge on any atom is -0.504 e. The number of phenolic OH excluding ortho intramolecular Hbond substituents is 1. The number of aliphatic hydroxyl groups excluding tert-OH is 1. The predicted molar refractivity (Wildman–Crippen MR) is 103 cm³/mol. The third-order valence-corrected chi connectivity index (χ3v) is 2.99. The zero-order valence-electron chi connectivity index (χ0n) is 16.7. The number of ether oxygens (including phenoxy) is 1. The van der Waals surface area contributed by atoms with E-state index < -0.39 is 16.2 Å². The number of β-amino-alcohol motifs (C(OH)–C–C–N with tert-alkyl or cyclic N) is 1. The topological polar surface area (TPSA) is 133 Å². The van der Waals surface area contributed by atoms with Crippen LogP contribution in [0.15, 0.2) is 18.2 Å². The summed E-state index contributed by atoms with van der Waals surface area (Å²) in [6.45, 7) is 10.2. The van der Waals surface area contributed by atoms with Gasteiger partial charge in [-0.1, -0.05) is 19.9 Å². The van der Waals surface area contributed by atoms with E-state index in [1.165, 1.54) is 12.1 Å². The summed E-state index contributed by atoms with van der Waals surface area (Å²) in [5.41, 5.74) is 0.466. The summed E-state index contributed by atoms with van der Waals surface area (Å²) in [4.78, 5) is 11.6. The molecule has 156 valence electrons. The Kier molecular flexibility index (Phi) is 9.94. The van der Waals surface area contributed by atoms with E-state index in [1.54, 1.807) is 6.07 Å². The third-order valence-electron chi connectivity index (χ3n) is 2.99. The van der Waals surface area contributed by atoms with E-state index in [-0.39, 0.29) is 28.9 Å². The van der Waals surface area contributed by atoms with E-state index in [0.29, 0.717) is 24.8 Å². The first-order chi connectivity index (χ1) is 12.1. The van der Waals surface area contributed by atoms with Crippen molar-refractivity contribution in [2.24, 2.45) is 5.92 Å². The highest BCUT2D eigenvalue weighted by atomic mass is 32.2. The van der Waals surface area contributed by atoms with Gasteiger partial charge in [-0.3, -0.25) is 9.35 Å². The maximum absolute atomic E-state index is 11.6. The van der Waals surface area contributed by atoms with Crippen molar-refractivity contribution in [1.29, 1.82) is 0 Å². The molecule has 0 aliphatic carbocycles. The molecule has 0 spiro atoms. The molecule has 0 aromatic heterocycles. The van der Waals surface area contributed by atoms with Gasteiger partial charge in [0.2, 0.25) is 0 Å². The van der Waals surface area contributed by atoms with Gasteiger partial charge < -0.3 is 20.3 Å². The minimum absolute atomic E-state index is 0.102. The number of hydrogen-bond acceptors (Lipinski definition) is 7. The number of aliphatic hydroxyl groups is 1. The van der Waals surface area contributed by atoms with Gasteiger partial charge in [-0.05, 0) is 44.4 Å². The molecule has 0 heterocycles. The molecule has 0 amide bonds. The zero-order chi connectivity index (χ0) is 21.4. The van der Waals surface area contributed by atoms with Crippen LogP contribution in [0.3, 0.4) is 0 Å². The van der Waals surface area contributed by atoms with Crippen LogP contribution in [0, 0.1) is 5.92 Å². The number of carbonyl (C=O) groups excluding carboxylic acids is 1. The first kappa shape index (κ1) is 25.3. The Morgan fingerprint density at radius 1 is 1.26 bits per heavy atom. The van der Waals surface area contributed by atoms with E-state index in [4.69, 9.17) is 9.29 Å². The molecule has 1 atom stereocenters. The Balaban J connectivity index is 0.00000119. The molecule has 1 aromatic carbocycles. The Morgan fingerprint density at radius 2 is 1.78 bits per heavy atom. The quantitative estimate of drug-likeness (QED) is 0.322. The molecule has 9 heteroatoms. The summed E-state index contributed by atoms with van der Waals surface area (Å²) in [6.07, 6.45) is 0.261. The summed E-state index contributed by atoms with van der Waals surface area (Å²) in [5.74, 6) is -0.220. The molecule has 0 saturated carbocycles. The van der Waals surface area contributed by atoms with Gasteiger partial charge >= 0.3 is 5.97 Å². The Labute approximate surface area is 161 Å².